The second-order valence-corrected chi connectivity index (χ2v) is 7.19. The highest BCUT2D eigenvalue weighted by atomic mass is 35.5. The van der Waals surface area contributed by atoms with Crippen molar-refractivity contribution in [2.75, 3.05) is 37.6 Å². The lowest BCUT2D eigenvalue weighted by atomic mass is 9.92. The second kappa shape index (κ2) is 7.24. The van der Waals surface area contributed by atoms with Gasteiger partial charge in [0.2, 0.25) is 5.91 Å². The highest BCUT2D eigenvalue weighted by Crippen LogP contribution is 2.27. The average Bonchev–Trinajstić information content (AvgIpc) is 2.54. The fourth-order valence-electron chi connectivity index (χ4n) is 3.39. The first-order chi connectivity index (χ1) is 11.0. The van der Waals surface area contributed by atoms with Crippen molar-refractivity contribution >= 4 is 34.9 Å². The molecule has 1 amide bonds. The minimum absolute atomic E-state index is 0.162. The zero-order valence-electron chi connectivity index (χ0n) is 13.3. The number of hydrogen-bond acceptors (Lipinski definition) is 4. The molecule has 126 valence electrons. The zero-order valence-corrected chi connectivity index (χ0v) is 14.8. The summed E-state index contributed by atoms with van der Waals surface area (Å²) in [5, 5.41) is 4.49. The smallest absolute Gasteiger partial charge is 0.225 e. The Kier molecular flexibility index (Phi) is 5.29. The Balaban J connectivity index is 1.58. The molecule has 2 fully saturated rings. The maximum atomic E-state index is 12.7. The first-order valence-corrected chi connectivity index (χ1v) is 8.88. The van der Waals surface area contributed by atoms with Crippen molar-refractivity contribution in [1.82, 2.24) is 15.2 Å². The Morgan fingerprint density at radius 1 is 1.30 bits per heavy atom. The van der Waals surface area contributed by atoms with Gasteiger partial charge in [-0.3, -0.25) is 4.79 Å². The van der Waals surface area contributed by atoms with Gasteiger partial charge >= 0.3 is 0 Å². The van der Waals surface area contributed by atoms with E-state index in [0.717, 1.165) is 51.4 Å². The molecule has 2 aliphatic heterocycles. The lowest BCUT2D eigenvalue weighted by Crippen LogP contribution is -2.52. The molecule has 0 aliphatic carbocycles. The van der Waals surface area contributed by atoms with Crippen molar-refractivity contribution in [2.24, 2.45) is 5.92 Å². The van der Waals surface area contributed by atoms with Crippen LogP contribution in [0.25, 0.3) is 0 Å². The molecule has 0 spiro atoms. The molecule has 2 saturated heterocycles. The van der Waals surface area contributed by atoms with E-state index in [1.165, 1.54) is 0 Å². The Morgan fingerprint density at radius 2 is 2.04 bits per heavy atom. The predicted octanol–water partition coefficient (Wildman–Crippen LogP) is 2.43. The van der Waals surface area contributed by atoms with Gasteiger partial charge in [-0.25, -0.2) is 4.98 Å². The lowest BCUT2D eigenvalue weighted by molar-refractivity contribution is -0.137. The Bertz CT molecular complexity index is 575. The summed E-state index contributed by atoms with van der Waals surface area (Å²) in [6, 6.07) is 2.13. The molecule has 1 aromatic rings. The van der Waals surface area contributed by atoms with Gasteiger partial charge in [0.15, 0.2) is 0 Å². The summed E-state index contributed by atoms with van der Waals surface area (Å²) in [4.78, 5) is 21.1. The Morgan fingerprint density at radius 3 is 2.70 bits per heavy atom. The predicted molar refractivity (Wildman–Crippen MR) is 93.2 cm³/mol. The van der Waals surface area contributed by atoms with Gasteiger partial charge < -0.3 is 15.1 Å². The van der Waals surface area contributed by atoms with E-state index in [4.69, 9.17) is 23.2 Å². The highest BCUT2D eigenvalue weighted by molar-refractivity contribution is 6.36. The molecule has 7 heteroatoms. The lowest BCUT2D eigenvalue weighted by Gasteiger charge is -2.38. The van der Waals surface area contributed by atoms with Gasteiger partial charge in [-0.05, 0) is 32.4 Å². The summed E-state index contributed by atoms with van der Waals surface area (Å²) in [5.41, 5.74) is 0. The number of hydrogen-bond donors (Lipinski definition) is 1. The molecule has 3 rings (SSSR count). The third-order valence-corrected chi connectivity index (χ3v) is 5.14. The second-order valence-electron chi connectivity index (χ2n) is 6.35. The van der Waals surface area contributed by atoms with Crippen molar-refractivity contribution in [1.29, 1.82) is 0 Å². The quantitative estimate of drug-likeness (QED) is 0.883. The average molecular weight is 357 g/mol. The summed E-state index contributed by atoms with van der Waals surface area (Å²) >= 11 is 12.1. The van der Waals surface area contributed by atoms with Gasteiger partial charge in [-0.2, -0.15) is 0 Å². The summed E-state index contributed by atoms with van der Waals surface area (Å²) in [5.74, 6) is 1.21. The fourth-order valence-corrected chi connectivity index (χ4v) is 3.89. The van der Waals surface area contributed by atoms with E-state index in [1.54, 1.807) is 12.3 Å². The van der Waals surface area contributed by atoms with Crippen LogP contribution in [0.4, 0.5) is 5.82 Å². The van der Waals surface area contributed by atoms with E-state index >= 15 is 0 Å². The van der Waals surface area contributed by atoms with Crippen LogP contribution in [0.15, 0.2) is 12.3 Å². The summed E-state index contributed by atoms with van der Waals surface area (Å²) < 4.78 is 0. The van der Waals surface area contributed by atoms with Gasteiger partial charge in [0, 0.05) is 44.3 Å². The normalized spacial score (nSPS) is 25.5. The number of halogens is 2. The number of nitrogens with zero attached hydrogens (tertiary/aromatic N) is 3. The van der Waals surface area contributed by atoms with Crippen molar-refractivity contribution in [3.8, 4) is 0 Å². The van der Waals surface area contributed by atoms with Gasteiger partial charge in [0.25, 0.3) is 0 Å². The number of amides is 1. The molecule has 2 atom stereocenters. The van der Waals surface area contributed by atoms with Crippen molar-refractivity contribution in [2.45, 2.75) is 25.8 Å². The number of carbonyl (C=O) groups is 1. The molecule has 0 radical (unpaired) electrons. The SMILES string of the molecule is C[C@H]1C[C@@H](C(=O)N2CCN(c3ncc(Cl)cc3Cl)CC2)CCN1. The van der Waals surface area contributed by atoms with Crippen LogP contribution in [-0.2, 0) is 4.79 Å². The van der Waals surface area contributed by atoms with Crippen molar-refractivity contribution in [3.63, 3.8) is 0 Å². The molecule has 0 saturated carbocycles. The van der Waals surface area contributed by atoms with Gasteiger partial charge in [0.1, 0.15) is 5.82 Å². The van der Waals surface area contributed by atoms with Crippen LogP contribution in [0.5, 0.6) is 0 Å². The monoisotopic (exact) mass is 356 g/mol. The highest BCUT2D eigenvalue weighted by Gasteiger charge is 2.30. The number of rotatable bonds is 2. The number of anilines is 1. The van der Waals surface area contributed by atoms with E-state index in [2.05, 4.69) is 22.1 Å². The third kappa shape index (κ3) is 3.90. The molecule has 0 bridgehead atoms. The maximum Gasteiger partial charge on any atom is 0.225 e. The number of aromatic nitrogens is 1. The Hall–Kier alpha value is -1.04. The molecule has 0 unspecified atom stereocenters. The van der Waals surface area contributed by atoms with Crippen molar-refractivity contribution < 1.29 is 4.79 Å². The van der Waals surface area contributed by atoms with Crippen molar-refractivity contribution in [3.05, 3.63) is 22.3 Å². The first kappa shape index (κ1) is 16.8. The molecule has 23 heavy (non-hydrogen) atoms. The van der Waals surface area contributed by atoms with Crippen LogP contribution in [-0.4, -0.2) is 54.6 Å². The number of piperidine rings is 1. The molecule has 2 aliphatic rings. The molecular formula is C16H22Cl2N4O. The maximum absolute atomic E-state index is 12.7. The topological polar surface area (TPSA) is 48.5 Å². The first-order valence-electron chi connectivity index (χ1n) is 8.13. The number of nitrogens with one attached hydrogen (secondary N) is 1. The van der Waals surface area contributed by atoms with Crippen LogP contribution in [0.2, 0.25) is 10.0 Å². The van der Waals surface area contributed by atoms with E-state index in [9.17, 15) is 4.79 Å². The van der Waals surface area contributed by atoms with Crippen LogP contribution >= 0.6 is 23.2 Å². The third-order valence-electron chi connectivity index (χ3n) is 4.65. The van der Waals surface area contributed by atoms with Gasteiger partial charge in [-0.1, -0.05) is 23.2 Å². The number of piperazine rings is 1. The molecule has 1 aromatic heterocycles. The van der Waals surface area contributed by atoms with E-state index in [1.807, 2.05) is 4.90 Å². The van der Waals surface area contributed by atoms with Crippen LogP contribution in [0.1, 0.15) is 19.8 Å². The fraction of sp³-hybridized carbons (Fsp3) is 0.625. The van der Waals surface area contributed by atoms with E-state index < -0.39 is 0 Å². The zero-order chi connectivity index (χ0) is 16.4. The number of pyridine rings is 1. The largest absolute Gasteiger partial charge is 0.352 e. The molecule has 5 nitrogen and oxygen atoms in total. The van der Waals surface area contributed by atoms with Crippen LogP contribution < -0.4 is 10.2 Å². The molecule has 1 N–H and O–H groups in total. The minimum Gasteiger partial charge on any atom is -0.352 e. The molecular weight excluding hydrogens is 335 g/mol. The van der Waals surface area contributed by atoms with Gasteiger partial charge in [0.05, 0.1) is 10.0 Å². The minimum atomic E-state index is 0.162. The van der Waals surface area contributed by atoms with Crippen LogP contribution in [0.3, 0.4) is 0 Å². The molecule has 3 heterocycles. The van der Waals surface area contributed by atoms with Gasteiger partial charge in [-0.15, -0.1) is 0 Å². The van der Waals surface area contributed by atoms with E-state index in [0.29, 0.717) is 22.0 Å². The number of carbonyl (C=O) groups excluding carboxylic acids is 1. The standard InChI is InChI=1S/C16H22Cl2N4O/c1-11-8-12(2-3-19-11)16(23)22-6-4-21(5-7-22)15-14(18)9-13(17)10-20-15/h9-12,19H,2-8H2,1H3/t11-,12-/m0/s1. The summed E-state index contributed by atoms with van der Waals surface area (Å²) in [7, 11) is 0. The summed E-state index contributed by atoms with van der Waals surface area (Å²) in [6.45, 7) is 6.02. The molecule has 0 aromatic carbocycles. The van der Waals surface area contributed by atoms with E-state index in [-0.39, 0.29) is 5.92 Å². The Labute approximate surface area is 146 Å². The van der Waals surface area contributed by atoms with Crippen LogP contribution in [0, 0.1) is 5.92 Å². The summed E-state index contributed by atoms with van der Waals surface area (Å²) in [6.07, 6.45) is 3.48.